The van der Waals surface area contributed by atoms with Crippen molar-refractivity contribution in [1.29, 1.82) is 0 Å². The highest BCUT2D eigenvalue weighted by molar-refractivity contribution is 9.10. The predicted molar refractivity (Wildman–Crippen MR) is 96.9 cm³/mol. The number of halogens is 1. The summed E-state index contributed by atoms with van der Waals surface area (Å²) >= 11 is 3.44. The minimum Gasteiger partial charge on any atom is -0.444 e. The van der Waals surface area contributed by atoms with Crippen LogP contribution < -0.4 is 0 Å². The van der Waals surface area contributed by atoms with Gasteiger partial charge in [-0.1, -0.05) is 28.1 Å². The summed E-state index contributed by atoms with van der Waals surface area (Å²) in [7, 11) is 0. The van der Waals surface area contributed by atoms with Crippen LogP contribution in [-0.2, 0) is 4.74 Å². The summed E-state index contributed by atoms with van der Waals surface area (Å²) < 4.78 is 6.50. The van der Waals surface area contributed by atoms with Crippen molar-refractivity contribution in [2.24, 2.45) is 0 Å². The van der Waals surface area contributed by atoms with E-state index in [-0.39, 0.29) is 12.0 Å². The van der Waals surface area contributed by atoms with Gasteiger partial charge in [-0.15, -0.1) is 0 Å². The van der Waals surface area contributed by atoms with Crippen molar-refractivity contribution in [3.8, 4) is 11.3 Å². The van der Waals surface area contributed by atoms with E-state index < -0.39 is 5.60 Å². The van der Waals surface area contributed by atoms with Crippen molar-refractivity contribution in [2.75, 3.05) is 13.1 Å². The van der Waals surface area contributed by atoms with Crippen LogP contribution in [0.15, 0.2) is 34.8 Å². The molecule has 1 amide bonds. The molecule has 1 unspecified atom stereocenters. The summed E-state index contributed by atoms with van der Waals surface area (Å²) in [5, 5.41) is 7.54. The summed E-state index contributed by atoms with van der Waals surface area (Å²) in [6.45, 7) is 7.04. The Labute approximate surface area is 150 Å². The van der Waals surface area contributed by atoms with Gasteiger partial charge in [0, 0.05) is 34.7 Å². The van der Waals surface area contributed by atoms with Gasteiger partial charge >= 0.3 is 6.09 Å². The fraction of sp³-hybridized carbons (Fsp3) is 0.444. The highest BCUT2D eigenvalue weighted by Gasteiger charge is 2.31. The minimum atomic E-state index is -0.460. The van der Waals surface area contributed by atoms with Crippen LogP contribution in [0.2, 0.25) is 0 Å². The van der Waals surface area contributed by atoms with Crippen molar-refractivity contribution in [3.63, 3.8) is 0 Å². The second-order valence-corrected chi connectivity index (χ2v) is 8.04. The SMILES string of the molecule is CC(C)(C)OC(=O)N1CCC(c2cc(-c3ccc(Br)cc3)n[nH]2)C1. The third-order valence-corrected chi connectivity index (χ3v) is 4.55. The normalized spacial score (nSPS) is 18.0. The van der Waals surface area contributed by atoms with E-state index in [1.807, 2.05) is 45.0 Å². The number of hydrogen-bond acceptors (Lipinski definition) is 3. The zero-order valence-electron chi connectivity index (χ0n) is 14.2. The predicted octanol–water partition coefficient (Wildman–Crippen LogP) is 4.56. The first kappa shape index (κ1) is 17.0. The number of likely N-dealkylation sites (tertiary alicyclic amines) is 1. The second-order valence-electron chi connectivity index (χ2n) is 7.13. The lowest BCUT2D eigenvalue weighted by molar-refractivity contribution is 0.0292. The molecule has 1 aliphatic rings. The third-order valence-electron chi connectivity index (χ3n) is 4.02. The number of aromatic nitrogens is 2. The smallest absolute Gasteiger partial charge is 0.410 e. The molecule has 1 aromatic carbocycles. The van der Waals surface area contributed by atoms with E-state index >= 15 is 0 Å². The fourth-order valence-electron chi connectivity index (χ4n) is 2.82. The number of rotatable bonds is 2. The van der Waals surface area contributed by atoms with Gasteiger partial charge in [0.05, 0.1) is 5.69 Å². The molecule has 1 atom stereocenters. The van der Waals surface area contributed by atoms with Gasteiger partial charge in [-0.2, -0.15) is 5.10 Å². The van der Waals surface area contributed by atoms with Gasteiger partial charge < -0.3 is 9.64 Å². The molecule has 1 aromatic heterocycles. The molecule has 5 nitrogen and oxygen atoms in total. The molecule has 1 N–H and O–H groups in total. The van der Waals surface area contributed by atoms with Gasteiger partial charge in [0.2, 0.25) is 0 Å². The number of carbonyl (C=O) groups excluding carboxylic acids is 1. The zero-order chi connectivity index (χ0) is 17.3. The van der Waals surface area contributed by atoms with E-state index in [1.165, 1.54) is 0 Å². The topological polar surface area (TPSA) is 58.2 Å². The third kappa shape index (κ3) is 3.98. The first-order chi connectivity index (χ1) is 11.3. The van der Waals surface area contributed by atoms with Gasteiger partial charge in [-0.05, 0) is 45.4 Å². The Morgan fingerprint density at radius 3 is 2.71 bits per heavy atom. The van der Waals surface area contributed by atoms with E-state index in [0.29, 0.717) is 13.1 Å². The quantitative estimate of drug-likeness (QED) is 0.815. The van der Waals surface area contributed by atoms with E-state index in [0.717, 1.165) is 27.8 Å². The number of ether oxygens (including phenoxy) is 1. The van der Waals surface area contributed by atoms with Crippen LogP contribution in [0.5, 0.6) is 0 Å². The summed E-state index contributed by atoms with van der Waals surface area (Å²) in [5.41, 5.74) is 2.60. The molecule has 3 rings (SSSR count). The van der Waals surface area contributed by atoms with Crippen LogP contribution in [0.1, 0.15) is 38.8 Å². The maximum absolute atomic E-state index is 12.2. The number of benzene rings is 1. The Balaban J connectivity index is 1.66. The second kappa shape index (κ2) is 6.59. The number of amides is 1. The Morgan fingerprint density at radius 1 is 1.33 bits per heavy atom. The molecule has 6 heteroatoms. The number of aromatic amines is 1. The van der Waals surface area contributed by atoms with Crippen LogP contribution in [0.4, 0.5) is 4.79 Å². The molecule has 2 aromatic rings. The van der Waals surface area contributed by atoms with Crippen molar-refractivity contribution < 1.29 is 9.53 Å². The molecule has 128 valence electrons. The van der Waals surface area contributed by atoms with Crippen LogP contribution in [0.3, 0.4) is 0 Å². The summed E-state index contributed by atoms with van der Waals surface area (Å²) in [5.74, 6) is 0.272. The fourth-order valence-corrected chi connectivity index (χ4v) is 3.09. The molecule has 0 bridgehead atoms. The molecule has 1 aliphatic heterocycles. The van der Waals surface area contributed by atoms with Gasteiger partial charge in [-0.25, -0.2) is 4.79 Å². The van der Waals surface area contributed by atoms with Gasteiger partial charge in [0.1, 0.15) is 5.60 Å². The van der Waals surface area contributed by atoms with Crippen LogP contribution >= 0.6 is 15.9 Å². The molecular weight excluding hydrogens is 370 g/mol. The van der Waals surface area contributed by atoms with Crippen LogP contribution in [0.25, 0.3) is 11.3 Å². The summed E-state index contributed by atoms with van der Waals surface area (Å²) in [4.78, 5) is 13.9. The average Bonchev–Trinajstić information content (AvgIpc) is 3.15. The van der Waals surface area contributed by atoms with Crippen molar-refractivity contribution >= 4 is 22.0 Å². The lowest BCUT2D eigenvalue weighted by Crippen LogP contribution is -2.35. The molecule has 2 heterocycles. The van der Waals surface area contributed by atoms with Crippen LogP contribution in [0, 0.1) is 0 Å². The highest BCUT2D eigenvalue weighted by atomic mass is 79.9. The Kier molecular flexibility index (Phi) is 4.67. The van der Waals surface area contributed by atoms with E-state index in [1.54, 1.807) is 4.90 Å². The molecular formula is C18H22BrN3O2. The van der Waals surface area contributed by atoms with Crippen molar-refractivity contribution in [2.45, 2.75) is 38.7 Å². The zero-order valence-corrected chi connectivity index (χ0v) is 15.8. The van der Waals surface area contributed by atoms with Crippen molar-refractivity contribution in [3.05, 3.63) is 40.5 Å². The molecule has 0 radical (unpaired) electrons. The average molecular weight is 392 g/mol. The van der Waals surface area contributed by atoms with E-state index in [2.05, 4.69) is 32.2 Å². The number of carbonyl (C=O) groups is 1. The lowest BCUT2D eigenvalue weighted by Gasteiger charge is -2.24. The highest BCUT2D eigenvalue weighted by Crippen LogP contribution is 2.29. The van der Waals surface area contributed by atoms with E-state index in [9.17, 15) is 4.79 Å². The maximum Gasteiger partial charge on any atom is 0.410 e. The molecule has 0 spiro atoms. The van der Waals surface area contributed by atoms with Crippen LogP contribution in [-0.4, -0.2) is 39.9 Å². The molecule has 1 saturated heterocycles. The molecule has 24 heavy (non-hydrogen) atoms. The summed E-state index contributed by atoms with van der Waals surface area (Å²) in [6.07, 6.45) is 0.680. The van der Waals surface area contributed by atoms with Gasteiger partial charge in [-0.3, -0.25) is 5.10 Å². The summed E-state index contributed by atoms with van der Waals surface area (Å²) in [6, 6.07) is 10.1. The number of H-pyrrole nitrogens is 1. The maximum atomic E-state index is 12.2. The van der Waals surface area contributed by atoms with Crippen molar-refractivity contribution in [1.82, 2.24) is 15.1 Å². The minimum absolute atomic E-state index is 0.238. The number of hydrogen-bond donors (Lipinski definition) is 1. The largest absolute Gasteiger partial charge is 0.444 e. The Morgan fingerprint density at radius 2 is 2.04 bits per heavy atom. The van der Waals surface area contributed by atoms with Gasteiger partial charge in [0.25, 0.3) is 0 Å². The Hall–Kier alpha value is -1.82. The molecule has 1 fully saturated rings. The van der Waals surface area contributed by atoms with Gasteiger partial charge in [0.15, 0.2) is 0 Å². The lowest BCUT2D eigenvalue weighted by atomic mass is 10.0. The number of nitrogens with one attached hydrogen (secondary N) is 1. The number of nitrogens with zero attached hydrogens (tertiary/aromatic N) is 2. The first-order valence-corrected chi connectivity index (χ1v) is 8.90. The molecule has 0 aliphatic carbocycles. The standard InChI is InChI=1S/C18H22BrN3O2/c1-18(2,3)24-17(23)22-9-8-13(11-22)16-10-15(20-21-16)12-4-6-14(19)7-5-12/h4-7,10,13H,8-9,11H2,1-3H3,(H,20,21). The molecule has 0 saturated carbocycles. The van der Waals surface area contributed by atoms with E-state index in [4.69, 9.17) is 4.74 Å². The monoisotopic (exact) mass is 391 g/mol. The Bertz CT molecular complexity index is 719. The first-order valence-electron chi connectivity index (χ1n) is 8.11.